The molecular formula is C21H25FN8O9P2S2. The number of aromatic amines is 1. The van der Waals surface area contributed by atoms with E-state index in [4.69, 9.17) is 28.8 Å². The minimum atomic E-state index is -4.22. The number of nitrogens with one attached hydrogen (secondary N) is 1. The van der Waals surface area contributed by atoms with Gasteiger partial charge >= 0.3 is 6.80 Å². The Morgan fingerprint density at radius 1 is 1.23 bits per heavy atom. The number of H-pyrrole nitrogens is 1. The van der Waals surface area contributed by atoms with Gasteiger partial charge < -0.3 is 34.4 Å². The Kier molecular flexibility index (Phi) is 8.69. The molecule has 4 aromatic heterocycles. The van der Waals surface area contributed by atoms with Gasteiger partial charge in [0.2, 0.25) is 7.23 Å². The minimum absolute atomic E-state index is 0.101. The summed E-state index contributed by atoms with van der Waals surface area (Å²) >= 11 is 7.86. The molecule has 2 unspecified atom stereocenters. The van der Waals surface area contributed by atoms with Crippen LogP contribution in [0.3, 0.4) is 0 Å². The number of hydrogen-bond acceptors (Lipinski definition) is 14. The first-order chi connectivity index (χ1) is 20.6. The van der Waals surface area contributed by atoms with Crippen LogP contribution < -0.4 is 11.3 Å². The molecule has 0 radical (unpaired) electrons. The van der Waals surface area contributed by atoms with Crippen LogP contribution in [0.25, 0.3) is 22.2 Å². The van der Waals surface area contributed by atoms with E-state index in [-0.39, 0.29) is 29.9 Å². The van der Waals surface area contributed by atoms with E-state index >= 15 is 4.39 Å². The number of aliphatic hydroxyl groups is 1. The maximum Gasteiger partial charge on any atom is 0.386 e. The molecule has 2 saturated heterocycles. The second-order valence-corrected chi connectivity index (χ2v) is 14.3. The third kappa shape index (κ3) is 6.01. The molecule has 0 spiro atoms. The van der Waals surface area contributed by atoms with Crippen LogP contribution in [-0.2, 0) is 32.2 Å². The summed E-state index contributed by atoms with van der Waals surface area (Å²) in [6, 6.07) is 1.44. The smallest absolute Gasteiger partial charge is 0.386 e. The average Bonchev–Trinajstić information content (AvgIpc) is 3.73. The minimum Gasteiger partial charge on any atom is -0.394 e. The molecule has 4 aromatic rings. The Bertz CT molecular complexity index is 1780. The lowest BCUT2D eigenvalue weighted by atomic mass is 10.1. The second kappa shape index (κ2) is 12.2. The Balaban J connectivity index is 1.20. The number of aliphatic hydroxyl groups excluding tert-OH is 1. The van der Waals surface area contributed by atoms with Crippen molar-refractivity contribution in [3.05, 3.63) is 41.6 Å². The van der Waals surface area contributed by atoms with Crippen LogP contribution in [0.4, 0.5) is 10.2 Å². The first-order valence-corrected chi connectivity index (χ1v) is 17.9. The molecule has 2 aliphatic rings. The quantitative estimate of drug-likeness (QED) is 0.119. The van der Waals surface area contributed by atoms with Gasteiger partial charge in [-0.3, -0.25) is 23.0 Å². The monoisotopic (exact) mass is 678 g/mol. The highest BCUT2D eigenvalue weighted by molar-refractivity contribution is 8.44. The summed E-state index contributed by atoms with van der Waals surface area (Å²) in [5, 5.41) is 9.92. The van der Waals surface area contributed by atoms with Gasteiger partial charge in [0.25, 0.3) is 5.56 Å². The highest BCUT2D eigenvalue weighted by Gasteiger charge is 2.49. The molecule has 0 aromatic carbocycles. The number of hydrogen-bond donors (Lipinski definition) is 5. The summed E-state index contributed by atoms with van der Waals surface area (Å²) in [5.74, 6) is 0.137. The summed E-state index contributed by atoms with van der Waals surface area (Å²) in [4.78, 5) is 30.9. The number of fused-ring (bicyclic) bond motifs is 2. The van der Waals surface area contributed by atoms with Crippen molar-refractivity contribution in [3.63, 3.8) is 0 Å². The van der Waals surface area contributed by atoms with Gasteiger partial charge in [-0.15, -0.1) is 0 Å². The first kappa shape index (κ1) is 30.6. The highest BCUT2D eigenvalue weighted by Crippen LogP contribution is 2.57. The molecule has 4 N–H and O–H groups in total. The fraction of sp³-hybridized carbons (Fsp3) is 0.476. The molecule has 17 nitrogen and oxygen atoms in total. The lowest BCUT2D eigenvalue weighted by Gasteiger charge is -2.24. The molecule has 2 fully saturated rings. The van der Waals surface area contributed by atoms with Crippen LogP contribution in [-0.4, -0.2) is 83.0 Å². The number of rotatable bonds is 10. The lowest BCUT2D eigenvalue weighted by molar-refractivity contribution is -0.0514. The molecule has 0 saturated carbocycles. The zero-order valence-corrected chi connectivity index (χ0v) is 25.4. The second-order valence-electron chi connectivity index (χ2n) is 9.61. The molecule has 0 aliphatic carbocycles. The first-order valence-electron chi connectivity index (χ1n) is 12.6. The van der Waals surface area contributed by atoms with Crippen molar-refractivity contribution in [3.8, 4) is 0 Å². The number of ether oxygens (including phenoxy) is 2. The van der Waals surface area contributed by atoms with E-state index in [0.29, 0.717) is 11.2 Å². The largest absolute Gasteiger partial charge is 0.394 e. The normalized spacial score (nSPS) is 29.8. The molecule has 9 atom stereocenters. The van der Waals surface area contributed by atoms with Gasteiger partial charge in [0.05, 0.1) is 37.4 Å². The van der Waals surface area contributed by atoms with Crippen LogP contribution in [0, 0.1) is 0 Å². The summed E-state index contributed by atoms with van der Waals surface area (Å²) in [6.07, 6.45) is -3.26. The Hall–Kier alpha value is -2.38. The van der Waals surface area contributed by atoms with Crippen LogP contribution in [0.1, 0.15) is 18.9 Å². The predicted octanol–water partition coefficient (Wildman–Crippen LogP) is 1.81. The van der Waals surface area contributed by atoms with E-state index in [2.05, 4.69) is 49.4 Å². The molecule has 0 amide bonds. The molecule has 0 bridgehead atoms. The number of nitrogens with zero attached hydrogens (tertiary/aromatic N) is 6. The van der Waals surface area contributed by atoms with Gasteiger partial charge in [-0.05, 0) is 6.07 Å². The van der Waals surface area contributed by atoms with E-state index < -0.39 is 69.2 Å². The number of imidazole rings is 1. The van der Waals surface area contributed by atoms with E-state index in [1.54, 1.807) is 0 Å². The Morgan fingerprint density at radius 2 is 2.05 bits per heavy atom. The van der Waals surface area contributed by atoms with Crippen LogP contribution in [0.5, 0.6) is 0 Å². The van der Waals surface area contributed by atoms with E-state index in [1.807, 2.05) is 0 Å². The molecule has 232 valence electrons. The number of anilines is 1. The maximum absolute atomic E-state index is 15.7. The maximum atomic E-state index is 15.7. The summed E-state index contributed by atoms with van der Waals surface area (Å²) in [6.45, 7) is -5.13. The van der Waals surface area contributed by atoms with Gasteiger partial charge in [0.15, 0.2) is 30.1 Å². The Labute approximate surface area is 252 Å². The van der Waals surface area contributed by atoms with Gasteiger partial charge in [-0.2, -0.15) is 0 Å². The molecule has 6 rings (SSSR count). The van der Waals surface area contributed by atoms with Crippen molar-refractivity contribution in [1.82, 2.24) is 34.1 Å². The Morgan fingerprint density at radius 3 is 2.81 bits per heavy atom. The molecule has 6 heterocycles. The predicted molar refractivity (Wildman–Crippen MR) is 155 cm³/mol. The summed E-state index contributed by atoms with van der Waals surface area (Å²) in [5.41, 5.74) is 6.20. The zero-order valence-electron chi connectivity index (χ0n) is 21.7. The average molecular weight is 679 g/mol. The van der Waals surface area contributed by atoms with Crippen LogP contribution in [0.15, 0.2) is 36.0 Å². The third-order valence-electron chi connectivity index (χ3n) is 6.97. The standard InChI is InChI=1S/C21H25FN8O9P2S2/c22-13-15(38-40(33)42)12(37-21(13)29-2-1-10-17(29)25-7-27-19(10)32)5-35-41(34,43)39-11-3-9(4-31)36-20(11)30-8-28-14-16(23)24-6-26-18(14)30/h1-2,6-9,11-13,15,20-21,31,40H,3-5H2,(H,33,42)(H,34,43)(H2,23,24,26)(H,25,27,32)/t9-,11+,12+,13-,15+,20+,21+,41?/m0/s1. The molecule has 2 aliphatic heterocycles. The van der Waals surface area contributed by atoms with Crippen molar-refractivity contribution < 1.29 is 41.7 Å². The fourth-order valence-corrected chi connectivity index (χ4v) is 7.47. The third-order valence-corrected chi connectivity index (χ3v) is 9.40. The van der Waals surface area contributed by atoms with E-state index in [9.17, 15) is 19.0 Å². The number of aromatic nitrogens is 7. The number of alkyl halides is 1. The van der Waals surface area contributed by atoms with Gasteiger partial charge in [0, 0.05) is 12.6 Å². The SMILES string of the molecule is Nc1ncnc2c1ncn2[C@@H]1O[C@H](CO)C[C@H]1OP(=O)(S)OC[C@H]1O[C@@H](n2ccc3c(=O)[nH]cnc32)[C@@H](F)[C@@H]1O[PH](=O)S. The van der Waals surface area contributed by atoms with E-state index in [1.165, 1.54) is 34.1 Å². The number of thiol groups is 2. The summed E-state index contributed by atoms with van der Waals surface area (Å²) in [7, 11) is -2.95. The van der Waals surface area contributed by atoms with Crippen LogP contribution in [0.2, 0.25) is 0 Å². The van der Waals surface area contributed by atoms with E-state index in [0.717, 1.165) is 6.33 Å². The van der Waals surface area contributed by atoms with Gasteiger partial charge in [-0.25, -0.2) is 28.9 Å². The fourth-order valence-electron chi connectivity index (χ4n) is 5.10. The summed E-state index contributed by atoms with van der Waals surface area (Å²) < 4.78 is 71.9. The van der Waals surface area contributed by atoms with Crippen molar-refractivity contribution in [2.75, 3.05) is 18.9 Å². The number of nitrogen functional groups attached to an aromatic ring is 1. The number of nitrogens with two attached hydrogens (primary N) is 1. The molecular weight excluding hydrogens is 653 g/mol. The topological polar surface area (TPSA) is 221 Å². The van der Waals surface area contributed by atoms with Crippen molar-refractivity contribution in [1.29, 1.82) is 0 Å². The molecule has 22 heteroatoms. The van der Waals surface area contributed by atoms with Crippen molar-refractivity contribution in [2.45, 2.75) is 49.5 Å². The van der Waals surface area contributed by atoms with Crippen LogP contribution >= 0.6 is 38.5 Å². The van der Waals surface area contributed by atoms with Crippen molar-refractivity contribution >= 4 is 66.5 Å². The number of halogens is 1. The lowest BCUT2D eigenvalue weighted by Crippen LogP contribution is -2.32. The van der Waals surface area contributed by atoms with Gasteiger partial charge in [0.1, 0.15) is 35.8 Å². The molecule has 43 heavy (non-hydrogen) atoms. The van der Waals surface area contributed by atoms with Gasteiger partial charge in [-0.1, -0.05) is 24.5 Å². The van der Waals surface area contributed by atoms with Crippen molar-refractivity contribution in [2.24, 2.45) is 0 Å². The highest BCUT2D eigenvalue weighted by atomic mass is 32.7. The zero-order chi connectivity index (χ0) is 30.5.